The monoisotopic (exact) mass is 1510 g/mol. The van der Waals surface area contributed by atoms with E-state index < -0.39 is 35.4 Å². The van der Waals surface area contributed by atoms with Crippen molar-refractivity contribution in [2.75, 3.05) is 45.2 Å². The fraction of sp³-hybridized carbons (Fsp3) is 0.250. The SMILES string of the molecule is CC(=O)Sc1ccccc1C(=O)NCCC(N)=O.CC(C)(C)NC(=O)Sc1ccccc1C(=O)NCC(N)=O.CSC(=N)Sc1ccccc1C(=O)NCC(N)=O.CSC(=N)Sc1ccccc1C(=O)NCCC(N)=O.NC(=O)CCNC(=O)c1ccccc1SC(=O)CCc1ccccc1. The molecule has 0 unspecified atom stereocenters. The molecule has 0 aromatic heterocycles. The summed E-state index contributed by atoms with van der Waals surface area (Å²) >= 11 is 8.05. The Labute approximate surface area is 615 Å². The van der Waals surface area contributed by atoms with Crippen molar-refractivity contribution in [3.63, 3.8) is 0 Å². The number of benzene rings is 6. The van der Waals surface area contributed by atoms with Crippen molar-refractivity contribution in [1.29, 1.82) is 10.8 Å². The lowest BCUT2D eigenvalue weighted by Crippen LogP contribution is -2.38. The Hall–Kier alpha value is -9.38. The van der Waals surface area contributed by atoms with Crippen molar-refractivity contribution < 1.29 is 62.3 Å². The molecule has 33 heteroatoms. The van der Waals surface area contributed by atoms with Gasteiger partial charge >= 0.3 is 0 Å². The molecule has 0 aliphatic rings. The molecule has 6 aromatic rings. The summed E-state index contributed by atoms with van der Waals surface area (Å²) in [6.45, 7) is 7.19. The molecule has 101 heavy (non-hydrogen) atoms. The van der Waals surface area contributed by atoms with Gasteiger partial charge < -0.3 is 60.6 Å². The average molecular weight is 1510 g/mol. The molecule has 26 nitrogen and oxygen atoms in total. The third-order valence-electron chi connectivity index (χ3n) is 11.9. The fourth-order valence-electron chi connectivity index (χ4n) is 7.36. The lowest BCUT2D eigenvalue weighted by atomic mass is 10.1. The van der Waals surface area contributed by atoms with Crippen LogP contribution in [0.2, 0.25) is 0 Å². The van der Waals surface area contributed by atoms with Gasteiger partial charge in [0, 0.05) is 82.3 Å². The number of carbonyl (C=O) groups excluding carboxylic acids is 13. The smallest absolute Gasteiger partial charge is 0.284 e. The minimum absolute atomic E-state index is 0.00115. The second kappa shape index (κ2) is 48.4. The first kappa shape index (κ1) is 87.7. The summed E-state index contributed by atoms with van der Waals surface area (Å²) in [5.41, 5.74) is 27.8. The number of hydrogen-bond donors (Lipinski definition) is 13. The lowest BCUT2D eigenvalue weighted by Gasteiger charge is -2.20. The maximum Gasteiger partial charge on any atom is 0.284 e. The van der Waals surface area contributed by atoms with Gasteiger partial charge in [-0.05, 0) is 118 Å². The summed E-state index contributed by atoms with van der Waals surface area (Å²) < 4.78 is 0.808. The molecule has 11 amide bonds. The van der Waals surface area contributed by atoms with Crippen molar-refractivity contribution in [1.82, 2.24) is 31.9 Å². The van der Waals surface area contributed by atoms with Crippen LogP contribution < -0.4 is 60.6 Å². The second-order valence-electron chi connectivity index (χ2n) is 21.2. The highest BCUT2D eigenvalue weighted by molar-refractivity contribution is 8.39. The van der Waals surface area contributed by atoms with Crippen LogP contribution in [0.5, 0.6) is 0 Å². The Morgan fingerprint density at radius 1 is 0.366 bits per heavy atom. The Bertz CT molecular complexity index is 3880. The number of thioether (sulfide) groups is 7. The lowest BCUT2D eigenvalue weighted by molar-refractivity contribution is -0.118. The maximum atomic E-state index is 12.2. The first-order valence-electron chi connectivity index (χ1n) is 30.2. The first-order chi connectivity index (χ1) is 47.8. The number of aryl methyl sites for hydroxylation is 1. The van der Waals surface area contributed by atoms with E-state index in [9.17, 15) is 62.3 Å². The first-order valence-corrected chi connectivity index (χ1v) is 36.7. The quantitative estimate of drug-likeness (QED) is 0.0139. The number of hydrogen-bond acceptors (Lipinski definition) is 22. The molecule has 0 fully saturated rings. The average Bonchev–Trinajstić information content (AvgIpc) is 0.885. The minimum atomic E-state index is -0.626. The van der Waals surface area contributed by atoms with Crippen LogP contribution in [-0.4, -0.2) is 134 Å². The van der Waals surface area contributed by atoms with E-state index in [0.717, 1.165) is 45.7 Å². The molecule has 538 valence electrons. The van der Waals surface area contributed by atoms with Gasteiger partial charge in [-0.25, -0.2) is 0 Å². The maximum absolute atomic E-state index is 12.2. The largest absolute Gasteiger partial charge is 0.370 e. The van der Waals surface area contributed by atoms with E-state index in [-0.39, 0.29) is 96.6 Å². The van der Waals surface area contributed by atoms with E-state index in [1.165, 1.54) is 54.0 Å². The van der Waals surface area contributed by atoms with Crippen LogP contribution in [0.1, 0.15) is 111 Å². The van der Waals surface area contributed by atoms with E-state index in [2.05, 4.69) is 31.9 Å². The Balaban J connectivity index is 0.000000432. The molecular weight excluding hydrogens is 1430 g/mol. The van der Waals surface area contributed by atoms with Gasteiger partial charge in [0.05, 0.1) is 40.9 Å². The second-order valence-corrected chi connectivity index (χ2v) is 28.8. The van der Waals surface area contributed by atoms with Crippen LogP contribution in [0.25, 0.3) is 0 Å². The highest BCUT2D eigenvalue weighted by Crippen LogP contribution is 2.30. The van der Waals surface area contributed by atoms with Crippen molar-refractivity contribution in [3.05, 3.63) is 185 Å². The molecule has 18 N–H and O–H groups in total. The topological polar surface area (TPSA) is 472 Å². The van der Waals surface area contributed by atoms with Gasteiger partial charge in [-0.1, -0.05) is 138 Å². The molecule has 0 aliphatic carbocycles. The van der Waals surface area contributed by atoms with Crippen LogP contribution in [0, 0.1) is 10.8 Å². The van der Waals surface area contributed by atoms with Gasteiger partial charge in [-0.15, -0.1) is 23.5 Å². The van der Waals surface area contributed by atoms with Crippen LogP contribution in [0.4, 0.5) is 4.79 Å². The Kier molecular flexibility index (Phi) is 42.0. The molecule has 0 radical (unpaired) electrons. The number of primary amides is 5. The van der Waals surface area contributed by atoms with Crippen molar-refractivity contribution >= 4 is 166 Å². The molecule has 0 bridgehead atoms. The molecule has 6 aromatic carbocycles. The normalized spacial score (nSPS) is 10.2. The number of carbonyl (C=O) groups is 13. The molecule has 0 spiro atoms. The van der Waals surface area contributed by atoms with E-state index >= 15 is 0 Å². The molecule has 0 atom stereocenters. The summed E-state index contributed by atoms with van der Waals surface area (Å²) in [5, 5.41) is 30.4. The third-order valence-corrected chi connectivity index (χ3v) is 18.4. The van der Waals surface area contributed by atoms with E-state index in [4.69, 9.17) is 39.5 Å². The van der Waals surface area contributed by atoms with Crippen LogP contribution in [0.3, 0.4) is 0 Å². The summed E-state index contributed by atoms with van der Waals surface area (Å²) in [4.78, 5) is 151. The number of amides is 11. The predicted octanol–water partition coefficient (Wildman–Crippen LogP) is 7.95. The van der Waals surface area contributed by atoms with Crippen molar-refractivity contribution in [3.8, 4) is 0 Å². The van der Waals surface area contributed by atoms with Gasteiger partial charge in [0.25, 0.3) is 34.8 Å². The van der Waals surface area contributed by atoms with Crippen LogP contribution >= 0.6 is 82.3 Å². The van der Waals surface area contributed by atoms with Crippen LogP contribution in [-0.2, 0) is 40.0 Å². The minimum Gasteiger partial charge on any atom is -0.370 e. The Morgan fingerprint density at radius 3 is 0.950 bits per heavy atom. The zero-order chi connectivity index (χ0) is 75.5. The zero-order valence-corrected chi connectivity index (χ0v) is 61.8. The molecule has 0 aliphatic heterocycles. The summed E-state index contributed by atoms with van der Waals surface area (Å²) in [6, 6.07) is 44.2. The van der Waals surface area contributed by atoms with Gasteiger partial charge in [0.15, 0.2) is 10.2 Å². The standard InChI is InChI=1S/C19H20N2O3S.C14H19N3O3S.C12H15N3O2S2.C12H14N2O3S.C11H13N3O2S2/c20-17(22)12-13-21-19(24)15-8-4-5-9-16(15)25-18(23)11-10-14-6-2-1-3-7-14;1-14(2,3)17-13(20)21-10-7-5-4-6-9(10)12(19)16-8-11(15)18;1-18-12(14)19-9-5-3-2-4-8(9)11(17)15-7-6-10(13)16;1-8(15)18-10-5-3-2-4-9(10)12(17)14-7-6-11(13)16;1-17-11(13)18-8-5-3-2-4-7(8)10(16)14-6-9(12)15/h1-9H,10-13H2,(H2,20,22)(H,21,24);4-7H,8H2,1-3H3,(H2,15,18)(H,16,19)(H,17,20);2-5,14H,6-7H2,1H3,(H2,13,16)(H,15,17);2-5H,6-7H2,1H3,(H2,13,16)(H,14,17);2-5,13H,6H2,1H3,(H2,12,15)(H,14,16). The summed E-state index contributed by atoms with van der Waals surface area (Å²) in [6.07, 6.45) is 4.95. The van der Waals surface area contributed by atoms with E-state index in [1.807, 2.05) is 63.4 Å². The molecule has 6 rings (SSSR count). The van der Waals surface area contributed by atoms with E-state index in [1.54, 1.807) is 122 Å². The van der Waals surface area contributed by atoms with Crippen molar-refractivity contribution in [2.45, 2.75) is 89.8 Å². The van der Waals surface area contributed by atoms with Gasteiger partial charge in [0.1, 0.15) is 8.75 Å². The number of nitrogens with two attached hydrogens (primary N) is 5. The number of nitrogens with one attached hydrogen (secondary N) is 8. The van der Waals surface area contributed by atoms with Crippen molar-refractivity contribution in [2.24, 2.45) is 28.7 Å². The number of rotatable bonds is 26. The molecule has 0 saturated heterocycles. The zero-order valence-electron chi connectivity index (χ0n) is 56.1. The van der Waals surface area contributed by atoms with Crippen LogP contribution in [0.15, 0.2) is 176 Å². The highest BCUT2D eigenvalue weighted by atomic mass is 32.2. The molecule has 0 heterocycles. The predicted molar refractivity (Wildman–Crippen MR) is 404 cm³/mol. The fourth-order valence-corrected chi connectivity index (χ4v) is 12.4. The third kappa shape index (κ3) is 38.7. The molecule has 0 saturated carbocycles. The Morgan fingerprint density at radius 2 is 0.653 bits per heavy atom. The van der Waals surface area contributed by atoms with Gasteiger partial charge in [0.2, 0.25) is 29.5 Å². The summed E-state index contributed by atoms with van der Waals surface area (Å²) in [7, 11) is 0. The summed E-state index contributed by atoms with van der Waals surface area (Å²) in [5.74, 6) is -4.33. The molecular formula is C68H81N13O13S7. The van der Waals surface area contributed by atoms with E-state index in [0.29, 0.717) is 69.0 Å². The highest BCUT2D eigenvalue weighted by Gasteiger charge is 2.21. The van der Waals surface area contributed by atoms with Gasteiger partial charge in [-0.2, -0.15) is 0 Å². The van der Waals surface area contributed by atoms with Gasteiger partial charge in [-0.3, -0.25) is 73.1 Å².